The smallest absolute Gasteiger partial charge is 0.275 e. The number of amides is 2. The highest BCUT2D eigenvalue weighted by Crippen LogP contribution is 2.35. The van der Waals surface area contributed by atoms with E-state index in [4.69, 9.17) is 9.47 Å². The summed E-state index contributed by atoms with van der Waals surface area (Å²) in [5.74, 6) is 1.54. The minimum atomic E-state index is -0.107. The molecule has 1 heterocycles. The van der Waals surface area contributed by atoms with Crippen LogP contribution in [0.5, 0.6) is 11.5 Å². The van der Waals surface area contributed by atoms with Crippen LogP contribution in [0.3, 0.4) is 0 Å². The summed E-state index contributed by atoms with van der Waals surface area (Å²) in [5.41, 5.74) is 3.77. The standard InChI is InChI=1S/C24H31N3O4/c1-5-30-21-11-19-10-16(2)31-22(19)12-20(21)13-26-23(28)15-27(4)14-17-6-8-18(9-7-17)24(29)25-3/h6-9,11-12,16H,5,10,13-15H2,1-4H3,(H,25,29)(H,26,28)/p+1/t16-/m1/s1. The van der Waals surface area contributed by atoms with Gasteiger partial charge in [-0.3, -0.25) is 9.59 Å². The van der Waals surface area contributed by atoms with Crippen molar-refractivity contribution in [1.29, 1.82) is 0 Å². The molecule has 3 rings (SSSR count). The van der Waals surface area contributed by atoms with Gasteiger partial charge < -0.3 is 25.0 Å². The third-order valence-corrected chi connectivity index (χ3v) is 5.27. The molecule has 7 nitrogen and oxygen atoms in total. The topological polar surface area (TPSA) is 81.1 Å². The van der Waals surface area contributed by atoms with Crippen LogP contribution < -0.4 is 25.0 Å². The number of rotatable bonds is 9. The third-order valence-electron chi connectivity index (χ3n) is 5.27. The number of likely N-dealkylation sites (N-methyl/N-ethyl adjacent to an activating group) is 1. The van der Waals surface area contributed by atoms with E-state index >= 15 is 0 Å². The first-order valence-corrected chi connectivity index (χ1v) is 10.7. The van der Waals surface area contributed by atoms with Gasteiger partial charge in [-0.15, -0.1) is 0 Å². The van der Waals surface area contributed by atoms with E-state index in [0.717, 1.165) is 39.5 Å². The van der Waals surface area contributed by atoms with Gasteiger partial charge in [-0.25, -0.2) is 0 Å². The Morgan fingerprint density at radius 2 is 1.97 bits per heavy atom. The molecule has 1 unspecified atom stereocenters. The van der Waals surface area contributed by atoms with Crippen molar-refractivity contribution in [2.24, 2.45) is 0 Å². The Hall–Kier alpha value is -3.06. The molecule has 0 aromatic heterocycles. The highest BCUT2D eigenvalue weighted by molar-refractivity contribution is 5.93. The Kier molecular flexibility index (Phi) is 7.52. The fraction of sp³-hybridized carbons (Fsp3) is 0.417. The Balaban J connectivity index is 1.54. The zero-order valence-electron chi connectivity index (χ0n) is 18.7. The van der Waals surface area contributed by atoms with Gasteiger partial charge in [0.25, 0.3) is 11.8 Å². The van der Waals surface area contributed by atoms with Crippen molar-refractivity contribution < 1.29 is 24.0 Å². The molecule has 2 atom stereocenters. The van der Waals surface area contributed by atoms with Crippen LogP contribution in [0.25, 0.3) is 0 Å². The Labute approximate surface area is 183 Å². The molecular weight excluding hydrogens is 394 g/mol. The second-order valence-electron chi connectivity index (χ2n) is 8.00. The zero-order chi connectivity index (χ0) is 22.4. The number of fused-ring (bicyclic) bond motifs is 1. The summed E-state index contributed by atoms with van der Waals surface area (Å²) in [4.78, 5) is 25.2. The molecule has 2 aromatic carbocycles. The van der Waals surface area contributed by atoms with Crippen molar-refractivity contribution in [2.75, 3.05) is 27.2 Å². The first kappa shape index (κ1) is 22.6. The summed E-state index contributed by atoms with van der Waals surface area (Å²) in [6, 6.07) is 11.5. The zero-order valence-corrected chi connectivity index (χ0v) is 18.7. The van der Waals surface area contributed by atoms with Gasteiger partial charge in [0, 0.05) is 42.3 Å². The van der Waals surface area contributed by atoms with Crippen molar-refractivity contribution in [2.45, 2.75) is 39.5 Å². The van der Waals surface area contributed by atoms with Crippen LogP contribution in [0.4, 0.5) is 0 Å². The van der Waals surface area contributed by atoms with Crippen molar-refractivity contribution in [1.82, 2.24) is 10.6 Å². The number of carbonyl (C=O) groups is 2. The van der Waals surface area contributed by atoms with Gasteiger partial charge >= 0.3 is 0 Å². The largest absolute Gasteiger partial charge is 0.494 e. The molecular formula is C24H32N3O4+. The van der Waals surface area contributed by atoms with E-state index in [0.29, 0.717) is 31.8 Å². The van der Waals surface area contributed by atoms with Crippen molar-refractivity contribution in [3.8, 4) is 11.5 Å². The highest BCUT2D eigenvalue weighted by Gasteiger charge is 2.22. The van der Waals surface area contributed by atoms with Crippen LogP contribution in [0, 0.1) is 0 Å². The lowest BCUT2D eigenvalue weighted by Gasteiger charge is -2.16. The Bertz CT molecular complexity index is 927. The second-order valence-corrected chi connectivity index (χ2v) is 8.00. The fourth-order valence-corrected chi connectivity index (χ4v) is 3.77. The molecule has 0 radical (unpaired) electrons. The van der Waals surface area contributed by atoms with Crippen LogP contribution in [0.1, 0.15) is 40.9 Å². The number of nitrogens with one attached hydrogen (secondary N) is 3. The maximum absolute atomic E-state index is 12.5. The first-order chi connectivity index (χ1) is 14.9. The number of benzene rings is 2. The molecule has 0 saturated carbocycles. The van der Waals surface area contributed by atoms with Crippen LogP contribution >= 0.6 is 0 Å². The molecule has 1 aliphatic heterocycles. The van der Waals surface area contributed by atoms with Gasteiger partial charge in [0.2, 0.25) is 0 Å². The number of hydrogen-bond acceptors (Lipinski definition) is 4. The predicted molar refractivity (Wildman–Crippen MR) is 119 cm³/mol. The van der Waals surface area contributed by atoms with Gasteiger partial charge in [-0.2, -0.15) is 0 Å². The quantitative estimate of drug-likeness (QED) is 0.561. The first-order valence-electron chi connectivity index (χ1n) is 10.7. The number of ether oxygens (including phenoxy) is 2. The van der Waals surface area contributed by atoms with Gasteiger partial charge in [0.1, 0.15) is 24.1 Å². The number of quaternary nitrogens is 1. The molecule has 0 fully saturated rings. The molecule has 31 heavy (non-hydrogen) atoms. The van der Waals surface area contributed by atoms with E-state index in [1.54, 1.807) is 19.2 Å². The highest BCUT2D eigenvalue weighted by atomic mass is 16.5. The minimum Gasteiger partial charge on any atom is -0.494 e. The summed E-state index contributed by atoms with van der Waals surface area (Å²) in [6.45, 7) is 6.01. The molecule has 2 aromatic rings. The van der Waals surface area contributed by atoms with E-state index in [1.807, 2.05) is 45.2 Å². The lowest BCUT2D eigenvalue weighted by Crippen LogP contribution is -3.08. The molecule has 2 amide bonds. The lowest BCUT2D eigenvalue weighted by molar-refractivity contribution is -0.885. The molecule has 0 spiro atoms. The maximum Gasteiger partial charge on any atom is 0.275 e. The van der Waals surface area contributed by atoms with Crippen LogP contribution in [-0.4, -0.2) is 45.2 Å². The third kappa shape index (κ3) is 5.98. The van der Waals surface area contributed by atoms with Crippen LogP contribution in [0.15, 0.2) is 36.4 Å². The van der Waals surface area contributed by atoms with Gasteiger partial charge in [0.15, 0.2) is 6.54 Å². The second kappa shape index (κ2) is 10.3. The van der Waals surface area contributed by atoms with E-state index < -0.39 is 0 Å². The Morgan fingerprint density at radius 3 is 2.65 bits per heavy atom. The average molecular weight is 427 g/mol. The van der Waals surface area contributed by atoms with E-state index in [2.05, 4.69) is 10.6 Å². The van der Waals surface area contributed by atoms with Crippen molar-refractivity contribution in [3.05, 3.63) is 58.7 Å². The average Bonchev–Trinajstić information content (AvgIpc) is 3.11. The summed E-state index contributed by atoms with van der Waals surface area (Å²) in [6.07, 6.45) is 1.04. The minimum absolute atomic E-state index is 0.0308. The number of carbonyl (C=O) groups excluding carboxylic acids is 2. The van der Waals surface area contributed by atoms with Gasteiger partial charge in [-0.05, 0) is 38.1 Å². The van der Waals surface area contributed by atoms with E-state index in [9.17, 15) is 9.59 Å². The fourth-order valence-electron chi connectivity index (χ4n) is 3.77. The molecule has 7 heteroatoms. The Morgan fingerprint density at radius 1 is 1.23 bits per heavy atom. The van der Waals surface area contributed by atoms with Crippen LogP contribution in [0.2, 0.25) is 0 Å². The van der Waals surface area contributed by atoms with E-state index in [-0.39, 0.29) is 17.9 Å². The summed E-state index contributed by atoms with van der Waals surface area (Å²) < 4.78 is 11.6. The van der Waals surface area contributed by atoms with Crippen LogP contribution in [-0.2, 0) is 24.3 Å². The normalized spacial score (nSPS) is 15.5. The molecule has 0 aliphatic carbocycles. The summed E-state index contributed by atoms with van der Waals surface area (Å²) >= 11 is 0. The summed E-state index contributed by atoms with van der Waals surface area (Å²) in [7, 11) is 3.59. The molecule has 0 saturated heterocycles. The monoisotopic (exact) mass is 426 g/mol. The summed E-state index contributed by atoms with van der Waals surface area (Å²) in [5, 5.41) is 5.61. The number of hydrogen-bond donors (Lipinski definition) is 3. The molecule has 3 N–H and O–H groups in total. The SMILES string of the molecule is CCOc1cc2c(cc1CNC(=O)C[NH+](C)Cc1ccc(C(=O)NC)cc1)O[C@H](C)C2. The lowest BCUT2D eigenvalue weighted by atomic mass is 10.1. The molecule has 166 valence electrons. The van der Waals surface area contributed by atoms with Crippen molar-refractivity contribution >= 4 is 11.8 Å². The van der Waals surface area contributed by atoms with Gasteiger partial charge in [-0.1, -0.05) is 12.1 Å². The van der Waals surface area contributed by atoms with E-state index in [1.165, 1.54) is 0 Å². The molecule has 0 bridgehead atoms. The molecule has 1 aliphatic rings. The van der Waals surface area contributed by atoms with Gasteiger partial charge in [0.05, 0.1) is 13.7 Å². The maximum atomic E-state index is 12.5. The predicted octanol–water partition coefficient (Wildman–Crippen LogP) is 1.10. The van der Waals surface area contributed by atoms with Crippen molar-refractivity contribution in [3.63, 3.8) is 0 Å².